The number of ether oxygens (including phenoxy) is 2. The molecule has 0 radical (unpaired) electrons. The van der Waals surface area contributed by atoms with Crippen molar-refractivity contribution >= 4 is 5.97 Å². The Morgan fingerprint density at radius 2 is 1.90 bits per heavy atom. The molecule has 0 bridgehead atoms. The highest BCUT2D eigenvalue weighted by Crippen LogP contribution is 2.16. The van der Waals surface area contributed by atoms with Gasteiger partial charge in [0.15, 0.2) is 0 Å². The van der Waals surface area contributed by atoms with Gasteiger partial charge < -0.3 is 9.47 Å². The van der Waals surface area contributed by atoms with Crippen molar-refractivity contribution in [3.8, 4) is 0 Å². The summed E-state index contributed by atoms with van der Waals surface area (Å²) in [4.78, 5) is 12.1. The maximum absolute atomic E-state index is 12.1. The van der Waals surface area contributed by atoms with Crippen molar-refractivity contribution in [2.45, 2.75) is 84.9 Å². The molecule has 0 aliphatic rings. The van der Waals surface area contributed by atoms with Gasteiger partial charge in [-0.05, 0) is 53.9 Å². The Morgan fingerprint density at radius 3 is 2.40 bits per heavy atom. The fraction of sp³-hybridized carbons (Fsp3) is 0.938. The standard InChI is InChI=1S/C16H33NO3/c1-7-10-14(5)20-12-9-11-16(6,17-13(3)4)15(18)19-8-2/h13-14,17H,7-12H2,1-6H3. The second-order valence-corrected chi connectivity index (χ2v) is 5.93. The van der Waals surface area contributed by atoms with Crippen LogP contribution in [0.3, 0.4) is 0 Å². The number of hydrogen-bond acceptors (Lipinski definition) is 4. The van der Waals surface area contributed by atoms with Gasteiger partial charge in [0.25, 0.3) is 0 Å². The molecule has 0 aromatic carbocycles. The van der Waals surface area contributed by atoms with E-state index in [4.69, 9.17) is 9.47 Å². The van der Waals surface area contributed by atoms with Crippen molar-refractivity contribution < 1.29 is 14.3 Å². The van der Waals surface area contributed by atoms with E-state index in [2.05, 4.69) is 19.2 Å². The maximum atomic E-state index is 12.1. The molecule has 2 unspecified atom stereocenters. The fourth-order valence-electron chi connectivity index (χ4n) is 2.36. The third-order valence-corrected chi connectivity index (χ3v) is 3.25. The molecule has 2 atom stereocenters. The van der Waals surface area contributed by atoms with Crippen molar-refractivity contribution in [3.63, 3.8) is 0 Å². The first-order valence-electron chi connectivity index (χ1n) is 7.92. The summed E-state index contributed by atoms with van der Waals surface area (Å²) in [7, 11) is 0. The van der Waals surface area contributed by atoms with Crippen LogP contribution in [0, 0.1) is 0 Å². The normalized spacial score (nSPS) is 15.9. The summed E-state index contributed by atoms with van der Waals surface area (Å²) in [5.41, 5.74) is -0.623. The van der Waals surface area contributed by atoms with Gasteiger partial charge in [0.2, 0.25) is 0 Å². The van der Waals surface area contributed by atoms with Crippen molar-refractivity contribution in [3.05, 3.63) is 0 Å². The smallest absolute Gasteiger partial charge is 0.326 e. The first kappa shape index (κ1) is 19.4. The predicted molar refractivity (Wildman–Crippen MR) is 82.9 cm³/mol. The highest BCUT2D eigenvalue weighted by molar-refractivity contribution is 5.80. The van der Waals surface area contributed by atoms with Gasteiger partial charge in [-0.25, -0.2) is 0 Å². The molecule has 0 saturated carbocycles. The van der Waals surface area contributed by atoms with E-state index in [9.17, 15) is 4.79 Å². The zero-order valence-electron chi connectivity index (χ0n) is 14.1. The molecule has 0 spiro atoms. The van der Waals surface area contributed by atoms with Crippen LogP contribution in [0.1, 0.15) is 67.2 Å². The SMILES string of the molecule is CCCC(C)OCCCC(C)(NC(C)C)C(=O)OCC. The molecular weight excluding hydrogens is 254 g/mol. The van der Waals surface area contributed by atoms with E-state index < -0.39 is 5.54 Å². The van der Waals surface area contributed by atoms with Gasteiger partial charge >= 0.3 is 5.97 Å². The highest BCUT2D eigenvalue weighted by atomic mass is 16.5. The molecule has 120 valence electrons. The van der Waals surface area contributed by atoms with Crippen LogP contribution in [0.2, 0.25) is 0 Å². The van der Waals surface area contributed by atoms with Gasteiger partial charge in [-0.3, -0.25) is 10.1 Å². The molecule has 0 aromatic heterocycles. The number of carbonyl (C=O) groups is 1. The average molecular weight is 287 g/mol. The van der Waals surface area contributed by atoms with Crippen LogP contribution in [0.4, 0.5) is 0 Å². The minimum absolute atomic E-state index is 0.171. The van der Waals surface area contributed by atoms with Crippen molar-refractivity contribution in [2.75, 3.05) is 13.2 Å². The van der Waals surface area contributed by atoms with E-state index >= 15 is 0 Å². The molecule has 4 heteroatoms. The second-order valence-electron chi connectivity index (χ2n) is 5.93. The maximum Gasteiger partial charge on any atom is 0.326 e. The lowest BCUT2D eigenvalue weighted by Gasteiger charge is -2.30. The lowest BCUT2D eigenvalue weighted by atomic mass is 9.95. The lowest BCUT2D eigenvalue weighted by Crippen LogP contribution is -2.53. The van der Waals surface area contributed by atoms with Gasteiger partial charge in [0.1, 0.15) is 5.54 Å². The second kappa shape index (κ2) is 10.2. The first-order valence-corrected chi connectivity index (χ1v) is 7.92. The van der Waals surface area contributed by atoms with Crippen LogP contribution < -0.4 is 5.32 Å². The molecular formula is C16H33NO3. The van der Waals surface area contributed by atoms with E-state index in [0.29, 0.717) is 19.3 Å². The van der Waals surface area contributed by atoms with E-state index in [0.717, 1.165) is 25.7 Å². The quantitative estimate of drug-likeness (QED) is 0.468. The van der Waals surface area contributed by atoms with Gasteiger partial charge in [-0.1, -0.05) is 13.3 Å². The molecule has 20 heavy (non-hydrogen) atoms. The lowest BCUT2D eigenvalue weighted by molar-refractivity contribution is -0.151. The largest absolute Gasteiger partial charge is 0.465 e. The molecule has 0 amide bonds. The van der Waals surface area contributed by atoms with Crippen LogP contribution in [0.25, 0.3) is 0 Å². The number of rotatable bonds is 11. The number of hydrogen-bond donors (Lipinski definition) is 1. The van der Waals surface area contributed by atoms with Crippen LogP contribution in [-0.4, -0.2) is 36.9 Å². The Bertz CT molecular complexity index is 268. The van der Waals surface area contributed by atoms with Crippen molar-refractivity contribution in [1.82, 2.24) is 5.32 Å². The summed E-state index contributed by atoms with van der Waals surface area (Å²) in [6.07, 6.45) is 4.09. The Hall–Kier alpha value is -0.610. The Labute approximate surface area is 124 Å². The molecule has 0 saturated heterocycles. The van der Waals surface area contributed by atoms with Crippen LogP contribution in [-0.2, 0) is 14.3 Å². The van der Waals surface area contributed by atoms with Crippen LogP contribution in [0.15, 0.2) is 0 Å². The molecule has 0 heterocycles. The van der Waals surface area contributed by atoms with E-state index in [1.54, 1.807) is 0 Å². The van der Waals surface area contributed by atoms with Gasteiger partial charge in [-0.2, -0.15) is 0 Å². The summed E-state index contributed by atoms with van der Waals surface area (Å²) < 4.78 is 10.9. The Morgan fingerprint density at radius 1 is 1.25 bits per heavy atom. The molecule has 0 rings (SSSR count). The molecule has 0 aliphatic carbocycles. The third kappa shape index (κ3) is 7.85. The number of esters is 1. The Kier molecular flexibility index (Phi) is 9.86. The minimum atomic E-state index is -0.623. The summed E-state index contributed by atoms with van der Waals surface area (Å²) in [6.45, 7) is 13.2. The van der Waals surface area contributed by atoms with Crippen molar-refractivity contribution in [1.29, 1.82) is 0 Å². The summed E-state index contributed by atoms with van der Waals surface area (Å²) in [5.74, 6) is -0.171. The first-order chi connectivity index (χ1) is 9.35. The minimum Gasteiger partial charge on any atom is -0.465 e. The summed E-state index contributed by atoms with van der Waals surface area (Å²) in [6, 6.07) is 0.240. The van der Waals surface area contributed by atoms with Gasteiger partial charge in [0.05, 0.1) is 12.7 Å². The molecule has 0 aliphatic heterocycles. The molecule has 0 aromatic rings. The van der Waals surface area contributed by atoms with Crippen LogP contribution in [0.5, 0.6) is 0 Å². The molecule has 1 N–H and O–H groups in total. The zero-order chi connectivity index (χ0) is 15.6. The zero-order valence-corrected chi connectivity index (χ0v) is 14.1. The topological polar surface area (TPSA) is 47.6 Å². The fourth-order valence-corrected chi connectivity index (χ4v) is 2.36. The number of nitrogens with one attached hydrogen (secondary N) is 1. The monoisotopic (exact) mass is 287 g/mol. The van der Waals surface area contributed by atoms with E-state index in [1.807, 2.05) is 27.7 Å². The van der Waals surface area contributed by atoms with E-state index in [-0.39, 0.29) is 12.0 Å². The van der Waals surface area contributed by atoms with Crippen LogP contribution >= 0.6 is 0 Å². The van der Waals surface area contributed by atoms with E-state index in [1.165, 1.54) is 0 Å². The summed E-state index contributed by atoms with van der Waals surface area (Å²) >= 11 is 0. The highest BCUT2D eigenvalue weighted by Gasteiger charge is 2.34. The van der Waals surface area contributed by atoms with Gasteiger partial charge in [0, 0.05) is 12.6 Å². The van der Waals surface area contributed by atoms with Gasteiger partial charge in [-0.15, -0.1) is 0 Å². The molecule has 4 nitrogen and oxygen atoms in total. The molecule has 0 fully saturated rings. The Balaban J connectivity index is 4.26. The number of carbonyl (C=O) groups excluding carboxylic acids is 1. The van der Waals surface area contributed by atoms with Crippen molar-refractivity contribution in [2.24, 2.45) is 0 Å². The average Bonchev–Trinajstić information content (AvgIpc) is 2.34. The predicted octanol–water partition coefficient (Wildman–Crippen LogP) is 3.29. The third-order valence-electron chi connectivity index (χ3n) is 3.25. The summed E-state index contributed by atoms with van der Waals surface area (Å²) in [5, 5.41) is 3.32.